The largest absolute Gasteiger partial charge is 0.381 e. The van der Waals surface area contributed by atoms with E-state index in [9.17, 15) is 0 Å². The Labute approximate surface area is 101 Å². The van der Waals surface area contributed by atoms with Gasteiger partial charge in [0.1, 0.15) is 0 Å². The summed E-state index contributed by atoms with van der Waals surface area (Å²) in [4.78, 5) is 4.76. The first-order chi connectivity index (χ1) is 8.40. The molecule has 0 radical (unpaired) electrons. The van der Waals surface area contributed by atoms with Gasteiger partial charge in [0.25, 0.3) is 0 Å². The molecule has 0 bridgehead atoms. The number of anilines is 1. The van der Waals surface area contributed by atoms with Crippen molar-refractivity contribution in [2.45, 2.75) is 38.3 Å². The molecule has 17 heavy (non-hydrogen) atoms. The second-order valence-electron chi connectivity index (χ2n) is 4.79. The predicted molar refractivity (Wildman–Crippen MR) is 66.0 cm³/mol. The minimum absolute atomic E-state index is 0.530. The van der Waals surface area contributed by atoms with Crippen LogP contribution in [0.15, 0.2) is 0 Å². The molecule has 1 aromatic heterocycles. The fourth-order valence-electron chi connectivity index (χ4n) is 2.83. The van der Waals surface area contributed by atoms with Crippen molar-refractivity contribution in [1.29, 1.82) is 0 Å². The van der Waals surface area contributed by atoms with Crippen molar-refractivity contribution >= 4 is 5.95 Å². The first-order valence-corrected chi connectivity index (χ1v) is 6.51. The smallest absolute Gasteiger partial charge is 0.203 e. The van der Waals surface area contributed by atoms with Crippen LogP contribution < -0.4 is 11.1 Å². The Morgan fingerprint density at radius 3 is 3.00 bits per heavy atom. The molecule has 1 saturated heterocycles. The quantitative estimate of drug-likeness (QED) is 0.805. The molecule has 0 atom stereocenters. The van der Waals surface area contributed by atoms with Crippen molar-refractivity contribution < 1.29 is 4.74 Å². The topological polar surface area (TPSA) is 65.1 Å². The highest BCUT2D eigenvalue weighted by Crippen LogP contribution is 2.31. The van der Waals surface area contributed by atoms with Gasteiger partial charge in [-0.05, 0) is 19.3 Å². The monoisotopic (exact) mass is 236 g/mol. The fourth-order valence-corrected chi connectivity index (χ4v) is 2.83. The van der Waals surface area contributed by atoms with Gasteiger partial charge < -0.3 is 20.4 Å². The third kappa shape index (κ3) is 1.93. The lowest BCUT2D eigenvalue weighted by Crippen LogP contribution is -2.20. The summed E-state index contributed by atoms with van der Waals surface area (Å²) >= 11 is 0. The molecule has 5 heteroatoms. The minimum Gasteiger partial charge on any atom is -0.381 e. The average molecular weight is 236 g/mol. The maximum absolute atomic E-state index is 5.91. The van der Waals surface area contributed by atoms with Crippen LogP contribution in [0.5, 0.6) is 0 Å². The summed E-state index contributed by atoms with van der Waals surface area (Å²) in [5, 5.41) is 3.36. The van der Waals surface area contributed by atoms with E-state index >= 15 is 0 Å². The predicted octanol–water partition coefficient (Wildman–Crippen LogP) is 1.05. The summed E-state index contributed by atoms with van der Waals surface area (Å²) in [6, 6.07) is 0. The summed E-state index contributed by atoms with van der Waals surface area (Å²) in [7, 11) is 0. The van der Waals surface area contributed by atoms with E-state index in [1.807, 2.05) is 0 Å². The van der Waals surface area contributed by atoms with Crippen LogP contribution >= 0.6 is 0 Å². The van der Waals surface area contributed by atoms with Crippen LogP contribution in [0.1, 0.15) is 36.6 Å². The Kier molecular flexibility index (Phi) is 3.03. The minimum atomic E-state index is 0.530. The van der Waals surface area contributed by atoms with Gasteiger partial charge in [-0.15, -0.1) is 0 Å². The van der Waals surface area contributed by atoms with Crippen molar-refractivity contribution in [3.05, 3.63) is 11.4 Å². The second kappa shape index (κ2) is 4.66. The van der Waals surface area contributed by atoms with Crippen LogP contribution in [0.25, 0.3) is 0 Å². The number of ether oxygens (including phenoxy) is 1. The van der Waals surface area contributed by atoms with Crippen molar-refractivity contribution in [1.82, 2.24) is 9.55 Å². The van der Waals surface area contributed by atoms with E-state index in [-0.39, 0.29) is 0 Å². The zero-order chi connectivity index (χ0) is 11.7. The molecule has 2 aliphatic heterocycles. The van der Waals surface area contributed by atoms with Crippen LogP contribution in [0.2, 0.25) is 0 Å². The molecule has 1 fully saturated rings. The van der Waals surface area contributed by atoms with E-state index < -0.39 is 0 Å². The van der Waals surface area contributed by atoms with E-state index in [4.69, 9.17) is 15.5 Å². The number of nitrogens with two attached hydrogens (primary N) is 1. The van der Waals surface area contributed by atoms with Crippen LogP contribution in [0.4, 0.5) is 5.95 Å². The van der Waals surface area contributed by atoms with Crippen molar-refractivity contribution in [3.63, 3.8) is 0 Å². The van der Waals surface area contributed by atoms with Gasteiger partial charge in [-0.25, -0.2) is 4.98 Å². The summed E-state index contributed by atoms with van der Waals surface area (Å²) in [6.45, 7) is 4.36. The van der Waals surface area contributed by atoms with Gasteiger partial charge in [0.15, 0.2) is 0 Å². The SMILES string of the molecule is NCc1c(C2CCOCC2)nc2n1CCCN2. The van der Waals surface area contributed by atoms with Gasteiger partial charge in [-0.1, -0.05) is 0 Å². The zero-order valence-electron chi connectivity index (χ0n) is 10.1. The molecule has 3 N–H and O–H groups in total. The number of nitrogens with one attached hydrogen (secondary N) is 1. The lowest BCUT2D eigenvalue weighted by Gasteiger charge is -2.21. The molecule has 94 valence electrons. The number of rotatable bonds is 2. The molecule has 3 heterocycles. The highest BCUT2D eigenvalue weighted by atomic mass is 16.5. The molecule has 0 saturated carbocycles. The number of hydrogen-bond acceptors (Lipinski definition) is 4. The molecule has 0 unspecified atom stereocenters. The average Bonchev–Trinajstić information content (AvgIpc) is 2.78. The molecular weight excluding hydrogens is 216 g/mol. The van der Waals surface area contributed by atoms with E-state index in [1.165, 1.54) is 11.4 Å². The van der Waals surface area contributed by atoms with Crippen LogP contribution in [0.3, 0.4) is 0 Å². The van der Waals surface area contributed by atoms with Gasteiger partial charge in [0, 0.05) is 38.8 Å². The number of imidazole rings is 1. The molecule has 1 aromatic rings. The van der Waals surface area contributed by atoms with E-state index in [0.717, 1.165) is 51.5 Å². The van der Waals surface area contributed by atoms with Crippen molar-refractivity contribution in [2.75, 3.05) is 25.1 Å². The van der Waals surface area contributed by atoms with Crippen LogP contribution in [0, 0.1) is 0 Å². The van der Waals surface area contributed by atoms with Crippen LogP contribution in [-0.4, -0.2) is 29.3 Å². The Balaban J connectivity index is 1.94. The van der Waals surface area contributed by atoms with Crippen LogP contribution in [-0.2, 0) is 17.8 Å². The number of nitrogens with zero attached hydrogens (tertiary/aromatic N) is 2. The second-order valence-corrected chi connectivity index (χ2v) is 4.79. The number of hydrogen-bond donors (Lipinski definition) is 2. The molecule has 0 aliphatic carbocycles. The maximum atomic E-state index is 5.91. The van der Waals surface area contributed by atoms with Gasteiger partial charge in [0.2, 0.25) is 5.95 Å². The van der Waals surface area contributed by atoms with Gasteiger partial charge >= 0.3 is 0 Å². The standard InChI is InChI=1S/C12H20N4O/c13-8-10-11(9-2-6-17-7-3-9)15-12-14-4-1-5-16(10)12/h9H,1-8,13H2,(H,14,15). The molecule has 0 aromatic carbocycles. The molecule has 5 nitrogen and oxygen atoms in total. The number of fused-ring (bicyclic) bond motifs is 1. The lowest BCUT2D eigenvalue weighted by atomic mass is 9.95. The molecule has 0 amide bonds. The van der Waals surface area contributed by atoms with E-state index in [2.05, 4.69) is 9.88 Å². The highest BCUT2D eigenvalue weighted by molar-refractivity contribution is 5.37. The van der Waals surface area contributed by atoms with Crippen molar-refractivity contribution in [2.24, 2.45) is 5.73 Å². The third-order valence-corrected chi connectivity index (χ3v) is 3.75. The van der Waals surface area contributed by atoms with E-state index in [0.29, 0.717) is 12.5 Å². The van der Waals surface area contributed by atoms with Gasteiger partial charge in [0.05, 0.1) is 11.4 Å². The Morgan fingerprint density at radius 2 is 2.24 bits per heavy atom. The zero-order valence-corrected chi connectivity index (χ0v) is 10.1. The highest BCUT2D eigenvalue weighted by Gasteiger charge is 2.25. The van der Waals surface area contributed by atoms with Gasteiger partial charge in [-0.2, -0.15) is 0 Å². The Bertz CT molecular complexity index is 395. The molecule has 2 aliphatic rings. The molecule has 0 spiro atoms. The fraction of sp³-hybridized carbons (Fsp3) is 0.750. The summed E-state index contributed by atoms with van der Waals surface area (Å²) in [6.07, 6.45) is 3.30. The first-order valence-electron chi connectivity index (χ1n) is 6.51. The Morgan fingerprint density at radius 1 is 1.41 bits per heavy atom. The lowest BCUT2D eigenvalue weighted by molar-refractivity contribution is 0.0844. The Hall–Kier alpha value is -1.07. The summed E-state index contributed by atoms with van der Waals surface area (Å²) in [5.74, 6) is 1.54. The maximum Gasteiger partial charge on any atom is 0.203 e. The molecular formula is C12H20N4O. The third-order valence-electron chi connectivity index (χ3n) is 3.75. The normalized spacial score (nSPS) is 21.0. The van der Waals surface area contributed by atoms with Crippen molar-refractivity contribution in [3.8, 4) is 0 Å². The summed E-state index contributed by atoms with van der Waals surface area (Å²) < 4.78 is 7.67. The van der Waals surface area contributed by atoms with Gasteiger partial charge in [-0.3, -0.25) is 0 Å². The summed E-state index contributed by atoms with van der Waals surface area (Å²) in [5.41, 5.74) is 8.34. The number of aromatic nitrogens is 2. The molecule has 3 rings (SSSR count). The first kappa shape index (κ1) is 11.0. The van der Waals surface area contributed by atoms with E-state index in [1.54, 1.807) is 0 Å².